The SMILES string of the molecule is CCc1ccc(S(=O)(=O)Cl)c(Br)c1[N+](=O)[O-]. The molecule has 0 aromatic heterocycles. The van der Waals surface area contributed by atoms with Gasteiger partial charge in [-0.2, -0.15) is 0 Å². The lowest BCUT2D eigenvalue weighted by Gasteiger charge is -2.05. The van der Waals surface area contributed by atoms with E-state index >= 15 is 0 Å². The van der Waals surface area contributed by atoms with Gasteiger partial charge in [0.1, 0.15) is 9.37 Å². The number of hydrogen-bond acceptors (Lipinski definition) is 4. The molecule has 16 heavy (non-hydrogen) atoms. The lowest BCUT2D eigenvalue weighted by molar-refractivity contribution is -0.386. The highest BCUT2D eigenvalue weighted by atomic mass is 79.9. The first-order chi connectivity index (χ1) is 7.29. The predicted molar refractivity (Wildman–Crippen MR) is 63.2 cm³/mol. The van der Waals surface area contributed by atoms with Crippen LogP contribution >= 0.6 is 26.6 Å². The average Bonchev–Trinajstić information content (AvgIpc) is 2.14. The summed E-state index contributed by atoms with van der Waals surface area (Å²) in [6.45, 7) is 1.74. The summed E-state index contributed by atoms with van der Waals surface area (Å²) in [5, 5.41) is 10.8. The van der Waals surface area contributed by atoms with E-state index in [0.29, 0.717) is 12.0 Å². The monoisotopic (exact) mass is 327 g/mol. The van der Waals surface area contributed by atoms with Crippen LogP contribution in [-0.4, -0.2) is 13.3 Å². The second-order valence-electron chi connectivity index (χ2n) is 2.93. The second kappa shape index (κ2) is 4.68. The lowest BCUT2D eigenvalue weighted by Crippen LogP contribution is -2.00. The van der Waals surface area contributed by atoms with Crippen LogP contribution in [0.5, 0.6) is 0 Å². The minimum Gasteiger partial charge on any atom is -0.258 e. The molecule has 8 heteroatoms. The van der Waals surface area contributed by atoms with Crippen molar-refractivity contribution in [2.75, 3.05) is 0 Å². The summed E-state index contributed by atoms with van der Waals surface area (Å²) < 4.78 is 22.2. The van der Waals surface area contributed by atoms with Crippen molar-refractivity contribution in [1.82, 2.24) is 0 Å². The van der Waals surface area contributed by atoms with E-state index in [2.05, 4.69) is 15.9 Å². The Morgan fingerprint density at radius 3 is 2.44 bits per heavy atom. The Morgan fingerprint density at radius 2 is 2.06 bits per heavy atom. The third-order valence-electron chi connectivity index (χ3n) is 1.99. The number of benzene rings is 1. The third kappa shape index (κ3) is 2.53. The molecule has 0 aliphatic heterocycles. The van der Waals surface area contributed by atoms with Crippen LogP contribution in [0.2, 0.25) is 0 Å². The molecule has 0 aliphatic carbocycles. The van der Waals surface area contributed by atoms with Crippen molar-refractivity contribution in [3.63, 3.8) is 0 Å². The van der Waals surface area contributed by atoms with Gasteiger partial charge in [0.2, 0.25) is 0 Å². The normalized spacial score (nSPS) is 11.4. The molecule has 0 radical (unpaired) electrons. The molecule has 0 aliphatic rings. The van der Waals surface area contributed by atoms with Gasteiger partial charge in [0.15, 0.2) is 0 Å². The van der Waals surface area contributed by atoms with Crippen LogP contribution in [0.25, 0.3) is 0 Å². The van der Waals surface area contributed by atoms with Crippen LogP contribution in [-0.2, 0) is 15.5 Å². The van der Waals surface area contributed by atoms with Gasteiger partial charge < -0.3 is 0 Å². The molecule has 1 rings (SSSR count). The van der Waals surface area contributed by atoms with E-state index in [0.717, 1.165) is 0 Å². The second-order valence-corrected chi connectivity index (χ2v) is 6.26. The fourth-order valence-electron chi connectivity index (χ4n) is 1.26. The fraction of sp³-hybridized carbons (Fsp3) is 0.250. The van der Waals surface area contributed by atoms with Crippen LogP contribution < -0.4 is 0 Å². The maximum Gasteiger partial charge on any atom is 0.288 e. The Balaban J connectivity index is 3.63. The van der Waals surface area contributed by atoms with E-state index in [-0.39, 0.29) is 15.1 Å². The van der Waals surface area contributed by atoms with E-state index in [9.17, 15) is 18.5 Å². The number of rotatable bonds is 3. The maximum absolute atomic E-state index is 11.1. The van der Waals surface area contributed by atoms with Gasteiger partial charge in [-0.3, -0.25) is 10.1 Å². The molecule has 1 aromatic rings. The molecule has 0 amide bonds. The summed E-state index contributed by atoms with van der Waals surface area (Å²) in [5.41, 5.74) is 0.185. The third-order valence-corrected chi connectivity index (χ3v) is 4.42. The summed E-state index contributed by atoms with van der Waals surface area (Å²) in [6.07, 6.45) is 0.428. The Labute approximate surface area is 105 Å². The van der Waals surface area contributed by atoms with Crippen LogP contribution in [0, 0.1) is 10.1 Å². The standard InChI is InChI=1S/C8H7BrClNO4S/c1-2-5-3-4-6(16(10,14)15)7(9)8(5)11(12)13/h3-4H,2H2,1H3. The van der Waals surface area contributed by atoms with Crippen molar-refractivity contribution in [3.8, 4) is 0 Å². The molecule has 0 saturated carbocycles. The quantitative estimate of drug-likeness (QED) is 0.485. The van der Waals surface area contributed by atoms with Crippen LogP contribution in [0.4, 0.5) is 5.69 Å². The molecule has 88 valence electrons. The first-order valence-corrected chi connectivity index (χ1v) is 7.29. The zero-order valence-electron chi connectivity index (χ0n) is 8.11. The Kier molecular flexibility index (Phi) is 3.92. The molecule has 0 atom stereocenters. The van der Waals surface area contributed by atoms with Gasteiger partial charge in [-0.05, 0) is 28.4 Å². The summed E-state index contributed by atoms with van der Waals surface area (Å²) in [6, 6.07) is 2.64. The molecule has 0 saturated heterocycles. The first kappa shape index (κ1) is 13.4. The molecule has 0 N–H and O–H groups in total. The van der Waals surface area contributed by atoms with E-state index < -0.39 is 14.0 Å². The zero-order valence-corrected chi connectivity index (χ0v) is 11.3. The van der Waals surface area contributed by atoms with Crippen molar-refractivity contribution >= 4 is 41.4 Å². The summed E-state index contributed by atoms with van der Waals surface area (Å²) in [7, 11) is 1.16. The van der Waals surface area contributed by atoms with Crippen molar-refractivity contribution in [1.29, 1.82) is 0 Å². The van der Waals surface area contributed by atoms with Gasteiger partial charge in [-0.1, -0.05) is 13.0 Å². The number of nitro benzene ring substituents is 1. The summed E-state index contributed by atoms with van der Waals surface area (Å²) in [4.78, 5) is 9.89. The minimum absolute atomic E-state index is 0.105. The van der Waals surface area contributed by atoms with Gasteiger partial charge >= 0.3 is 0 Å². The molecule has 0 bridgehead atoms. The van der Waals surface area contributed by atoms with Crippen molar-refractivity contribution in [2.45, 2.75) is 18.2 Å². The van der Waals surface area contributed by atoms with Gasteiger partial charge in [-0.25, -0.2) is 8.42 Å². The Hall–Kier alpha value is -0.660. The van der Waals surface area contributed by atoms with Gasteiger partial charge in [-0.15, -0.1) is 0 Å². The molecule has 0 fully saturated rings. The molecular formula is C8H7BrClNO4S. The highest BCUT2D eigenvalue weighted by molar-refractivity contribution is 9.10. The van der Waals surface area contributed by atoms with E-state index in [1.807, 2.05) is 0 Å². The highest BCUT2D eigenvalue weighted by Crippen LogP contribution is 2.36. The van der Waals surface area contributed by atoms with E-state index in [1.54, 1.807) is 6.92 Å². The topological polar surface area (TPSA) is 77.3 Å². The van der Waals surface area contributed by atoms with Gasteiger partial charge in [0.25, 0.3) is 14.7 Å². The first-order valence-electron chi connectivity index (χ1n) is 4.19. The van der Waals surface area contributed by atoms with Crippen molar-refractivity contribution < 1.29 is 13.3 Å². The molecular weight excluding hydrogens is 322 g/mol. The number of nitrogens with zero attached hydrogens (tertiary/aromatic N) is 1. The van der Waals surface area contributed by atoms with E-state index in [1.165, 1.54) is 12.1 Å². The molecule has 0 heterocycles. The lowest BCUT2D eigenvalue weighted by atomic mass is 10.1. The summed E-state index contributed by atoms with van der Waals surface area (Å²) >= 11 is 2.90. The fourth-order valence-corrected chi connectivity index (χ4v) is 3.63. The van der Waals surface area contributed by atoms with Crippen LogP contribution in [0.3, 0.4) is 0 Å². The number of nitro groups is 1. The number of aryl methyl sites for hydroxylation is 1. The van der Waals surface area contributed by atoms with Crippen molar-refractivity contribution in [3.05, 3.63) is 32.3 Å². The molecule has 5 nitrogen and oxygen atoms in total. The van der Waals surface area contributed by atoms with Crippen LogP contribution in [0.1, 0.15) is 12.5 Å². The smallest absolute Gasteiger partial charge is 0.258 e. The van der Waals surface area contributed by atoms with Gasteiger partial charge in [0.05, 0.1) is 4.92 Å². The molecule has 0 spiro atoms. The Morgan fingerprint density at radius 1 is 1.50 bits per heavy atom. The maximum atomic E-state index is 11.1. The summed E-state index contributed by atoms with van der Waals surface area (Å²) in [5.74, 6) is 0. The van der Waals surface area contributed by atoms with Crippen LogP contribution in [0.15, 0.2) is 21.5 Å². The largest absolute Gasteiger partial charge is 0.288 e. The number of hydrogen-bond donors (Lipinski definition) is 0. The highest BCUT2D eigenvalue weighted by Gasteiger charge is 2.25. The Bertz CT molecular complexity index is 543. The minimum atomic E-state index is -3.99. The molecule has 0 unspecified atom stereocenters. The van der Waals surface area contributed by atoms with Gasteiger partial charge in [0, 0.05) is 16.2 Å². The zero-order chi connectivity index (χ0) is 12.5. The van der Waals surface area contributed by atoms with Crippen molar-refractivity contribution in [2.24, 2.45) is 0 Å². The van der Waals surface area contributed by atoms with E-state index in [4.69, 9.17) is 10.7 Å². The molecule has 1 aromatic carbocycles. The number of halogens is 2. The predicted octanol–water partition coefficient (Wildman–Crippen LogP) is 2.85. The average molecular weight is 329 g/mol.